The molecule has 3 aromatic carbocycles. The zero-order valence-electron chi connectivity index (χ0n) is 17.7. The predicted octanol–water partition coefficient (Wildman–Crippen LogP) is 5.05. The number of hydrogen-bond acceptors (Lipinski definition) is 6. The van der Waals surface area contributed by atoms with E-state index in [9.17, 15) is 10.1 Å². The first kappa shape index (κ1) is 19.2. The van der Waals surface area contributed by atoms with Gasteiger partial charge in [0, 0.05) is 28.8 Å². The standard InChI is InChI=1S/C25H19N5O3/c1-15-9-11-16(12-10-15)23-21-22(28-25-26-14-27-29(23)25)19-7-2-3-8-20(19)33-24(21)17-5-4-6-18(13-17)30(31)32/h2-14,23-24H,1H3,(H,26,27,28). The Labute approximate surface area is 189 Å². The van der Waals surface area contributed by atoms with Crippen LogP contribution in [0.3, 0.4) is 0 Å². The largest absolute Gasteiger partial charge is 0.480 e. The number of aryl methyl sites for hydroxylation is 1. The highest BCUT2D eigenvalue weighted by atomic mass is 16.6. The summed E-state index contributed by atoms with van der Waals surface area (Å²) in [5.74, 6) is 1.34. The lowest BCUT2D eigenvalue weighted by Gasteiger charge is -2.38. The number of ether oxygens (including phenoxy) is 1. The molecule has 8 nitrogen and oxygen atoms in total. The Morgan fingerprint density at radius 3 is 2.67 bits per heavy atom. The van der Waals surface area contributed by atoms with Crippen molar-refractivity contribution in [1.29, 1.82) is 0 Å². The SMILES string of the molecule is Cc1ccc(C2C3=C(Nc4ncnn42)c2ccccc2OC3c2cccc([N+](=O)[O-])c2)cc1. The Bertz CT molecular complexity index is 1420. The average Bonchev–Trinajstić information content (AvgIpc) is 3.31. The third kappa shape index (κ3) is 3.07. The van der Waals surface area contributed by atoms with Crippen LogP contribution in [0.15, 0.2) is 84.7 Å². The van der Waals surface area contributed by atoms with Crippen molar-refractivity contribution < 1.29 is 9.66 Å². The molecular weight excluding hydrogens is 418 g/mol. The van der Waals surface area contributed by atoms with Crippen LogP contribution < -0.4 is 10.1 Å². The highest BCUT2D eigenvalue weighted by Crippen LogP contribution is 2.50. The van der Waals surface area contributed by atoms with Crippen molar-refractivity contribution in [3.8, 4) is 5.75 Å². The van der Waals surface area contributed by atoms with Crippen molar-refractivity contribution in [3.63, 3.8) is 0 Å². The molecule has 0 spiro atoms. The number of nitro groups is 1. The Kier molecular flexibility index (Phi) is 4.26. The zero-order chi connectivity index (χ0) is 22.5. The molecule has 0 radical (unpaired) electrons. The molecule has 2 atom stereocenters. The number of rotatable bonds is 3. The summed E-state index contributed by atoms with van der Waals surface area (Å²) in [5.41, 5.74) is 5.64. The fourth-order valence-electron chi connectivity index (χ4n) is 4.56. The number of para-hydroxylation sites is 1. The molecule has 8 heteroatoms. The summed E-state index contributed by atoms with van der Waals surface area (Å²) in [5, 5.41) is 19.4. The monoisotopic (exact) mass is 437 g/mol. The van der Waals surface area contributed by atoms with Crippen molar-refractivity contribution in [3.05, 3.63) is 117 Å². The van der Waals surface area contributed by atoms with Gasteiger partial charge in [0.1, 0.15) is 24.2 Å². The molecule has 1 aromatic heterocycles. The van der Waals surface area contributed by atoms with Crippen LogP contribution in [0.5, 0.6) is 5.75 Å². The van der Waals surface area contributed by atoms with E-state index in [1.165, 1.54) is 12.4 Å². The second-order valence-corrected chi connectivity index (χ2v) is 8.14. The Hall–Kier alpha value is -4.46. The van der Waals surface area contributed by atoms with Crippen LogP contribution in [0.1, 0.15) is 34.4 Å². The molecule has 3 heterocycles. The molecule has 2 aliphatic rings. The quantitative estimate of drug-likeness (QED) is 0.356. The number of non-ortho nitro benzene ring substituents is 1. The number of nitro benzene ring substituents is 1. The van der Waals surface area contributed by atoms with Crippen LogP contribution in [0.2, 0.25) is 0 Å². The van der Waals surface area contributed by atoms with Gasteiger partial charge < -0.3 is 10.1 Å². The fraction of sp³-hybridized carbons (Fsp3) is 0.120. The lowest BCUT2D eigenvalue weighted by atomic mass is 9.84. The van der Waals surface area contributed by atoms with Gasteiger partial charge in [0.2, 0.25) is 5.95 Å². The van der Waals surface area contributed by atoms with Crippen molar-refractivity contribution in [2.75, 3.05) is 5.32 Å². The molecule has 0 fully saturated rings. The van der Waals surface area contributed by atoms with Crippen LogP contribution in [-0.2, 0) is 0 Å². The maximum atomic E-state index is 11.5. The smallest absolute Gasteiger partial charge is 0.269 e. The fourth-order valence-corrected chi connectivity index (χ4v) is 4.56. The number of anilines is 1. The van der Waals surface area contributed by atoms with Gasteiger partial charge in [0.15, 0.2) is 0 Å². The van der Waals surface area contributed by atoms with Gasteiger partial charge >= 0.3 is 0 Å². The maximum absolute atomic E-state index is 11.5. The lowest BCUT2D eigenvalue weighted by molar-refractivity contribution is -0.385. The van der Waals surface area contributed by atoms with Crippen LogP contribution in [0.4, 0.5) is 11.6 Å². The molecule has 33 heavy (non-hydrogen) atoms. The predicted molar refractivity (Wildman–Crippen MR) is 123 cm³/mol. The first-order chi connectivity index (χ1) is 16.1. The highest BCUT2D eigenvalue weighted by Gasteiger charge is 2.41. The second-order valence-electron chi connectivity index (χ2n) is 8.14. The summed E-state index contributed by atoms with van der Waals surface area (Å²) in [6, 6.07) is 22.4. The van der Waals surface area contributed by atoms with E-state index in [1.807, 2.05) is 41.9 Å². The molecule has 2 unspecified atom stereocenters. The number of benzene rings is 3. The van der Waals surface area contributed by atoms with Gasteiger partial charge in [-0.1, -0.05) is 54.1 Å². The molecule has 0 aliphatic carbocycles. The van der Waals surface area contributed by atoms with E-state index in [1.54, 1.807) is 12.1 Å². The summed E-state index contributed by atoms with van der Waals surface area (Å²) < 4.78 is 8.35. The minimum Gasteiger partial charge on any atom is -0.480 e. The van der Waals surface area contributed by atoms with Gasteiger partial charge in [-0.3, -0.25) is 10.1 Å². The number of nitrogens with one attached hydrogen (secondary N) is 1. The van der Waals surface area contributed by atoms with Crippen molar-refractivity contribution in [2.45, 2.75) is 19.1 Å². The summed E-state index contributed by atoms with van der Waals surface area (Å²) in [4.78, 5) is 15.5. The third-order valence-corrected chi connectivity index (χ3v) is 6.10. The van der Waals surface area contributed by atoms with Crippen molar-refractivity contribution >= 4 is 17.3 Å². The van der Waals surface area contributed by atoms with Crippen LogP contribution in [0, 0.1) is 17.0 Å². The molecule has 0 bridgehead atoms. The van der Waals surface area contributed by atoms with Gasteiger partial charge in [-0.05, 0) is 24.6 Å². The molecule has 4 aromatic rings. The molecule has 6 rings (SSSR count). The molecule has 0 saturated carbocycles. The van der Waals surface area contributed by atoms with Crippen LogP contribution >= 0.6 is 0 Å². The molecule has 162 valence electrons. The average molecular weight is 437 g/mol. The van der Waals surface area contributed by atoms with Gasteiger partial charge in [-0.2, -0.15) is 10.1 Å². The van der Waals surface area contributed by atoms with E-state index in [2.05, 4.69) is 39.7 Å². The topological polar surface area (TPSA) is 95.1 Å². The van der Waals surface area contributed by atoms with Gasteiger partial charge in [-0.25, -0.2) is 4.68 Å². The maximum Gasteiger partial charge on any atom is 0.269 e. The molecule has 2 aliphatic heterocycles. The van der Waals surface area contributed by atoms with Gasteiger partial charge in [0.05, 0.1) is 10.6 Å². The molecule has 1 N–H and O–H groups in total. The van der Waals surface area contributed by atoms with Crippen LogP contribution in [0.25, 0.3) is 5.70 Å². The van der Waals surface area contributed by atoms with E-state index in [4.69, 9.17) is 4.74 Å². The highest BCUT2D eigenvalue weighted by molar-refractivity contribution is 5.85. The molecule has 0 amide bonds. The summed E-state index contributed by atoms with van der Waals surface area (Å²) in [6.07, 6.45) is 0.975. The first-order valence-corrected chi connectivity index (χ1v) is 10.6. The second kappa shape index (κ2) is 7.30. The number of nitrogens with zero attached hydrogens (tertiary/aromatic N) is 4. The summed E-state index contributed by atoms with van der Waals surface area (Å²) in [7, 11) is 0. The zero-order valence-corrected chi connectivity index (χ0v) is 17.7. The van der Waals surface area contributed by atoms with E-state index < -0.39 is 6.10 Å². The number of hydrogen-bond donors (Lipinski definition) is 1. The number of aromatic nitrogens is 3. The minimum absolute atomic E-state index is 0.0224. The molecular formula is C25H19N5O3. The summed E-state index contributed by atoms with van der Waals surface area (Å²) in [6.45, 7) is 2.05. The Morgan fingerprint density at radius 2 is 1.85 bits per heavy atom. The normalized spacial score (nSPS) is 18.5. The number of fused-ring (bicyclic) bond motifs is 3. The van der Waals surface area contributed by atoms with E-state index in [0.717, 1.165) is 28.0 Å². The first-order valence-electron chi connectivity index (χ1n) is 10.6. The third-order valence-electron chi connectivity index (χ3n) is 6.10. The van der Waals surface area contributed by atoms with Gasteiger partial charge in [0.25, 0.3) is 5.69 Å². The van der Waals surface area contributed by atoms with Gasteiger partial charge in [-0.15, -0.1) is 0 Å². The summed E-state index contributed by atoms with van der Waals surface area (Å²) >= 11 is 0. The van der Waals surface area contributed by atoms with E-state index in [0.29, 0.717) is 17.3 Å². The Morgan fingerprint density at radius 1 is 1.03 bits per heavy atom. The molecule has 0 saturated heterocycles. The lowest BCUT2D eigenvalue weighted by Crippen LogP contribution is -2.32. The Balaban J connectivity index is 1.62. The minimum atomic E-state index is -0.550. The van der Waals surface area contributed by atoms with E-state index in [-0.39, 0.29) is 16.7 Å². The van der Waals surface area contributed by atoms with Crippen molar-refractivity contribution in [1.82, 2.24) is 14.8 Å². The van der Waals surface area contributed by atoms with Crippen LogP contribution in [-0.4, -0.2) is 19.7 Å². The van der Waals surface area contributed by atoms with E-state index >= 15 is 0 Å². The van der Waals surface area contributed by atoms with Crippen molar-refractivity contribution in [2.24, 2.45) is 0 Å².